The number of esters is 1. The minimum atomic E-state index is -1.19. The van der Waals surface area contributed by atoms with Crippen LogP contribution in [-0.4, -0.2) is 31.3 Å². The standard InChI is InChI=1S/C20H18O6/c1-13-12-17(26-19(22)14-6-4-3-5-7-14)18(21)20(24-13)25-16-10-8-15(23-2)9-11-16/h3-13,20H,1-2H3/t13-,20-/m0/s1. The Kier molecular flexibility index (Phi) is 5.34. The van der Waals surface area contributed by atoms with Crippen LogP contribution in [0.2, 0.25) is 0 Å². The number of benzene rings is 2. The van der Waals surface area contributed by atoms with Crippen LogP contribution in [-0.2, 0) is 14.3 Å². The van der Waals surface area contributed by atoms with Crippen molar-refractivity contribution in [3.05, 3.63) is 72.0 Å². The highest BCUT2D eigenvalue weighted by atomic mass is 16.7. The summed E-state index contributed by atoms with van der Waals surface area (Å²) in [7, 11) is 1.56. The smallest absolute Gasteiger partial charge is 0.343 e. The summed E-state index contributed by atoms with van der Waals surface area (Å²) in [5, 5.41) is 0. The number of ketones is 1. The van der Waals surface area contributed by atoms with Crippen LogP contribution in [0.15, 0.2) is 66.4 Å². The van der Waals surface area contributed by atoms with Crippen LogP contribution in [0.5, 0.6) is 11.5 Å². The molecule has 2 atom stereocenters. The summed E-state index contributed by atoms with van der Waals surface area (Å²) < 4.78 is 21.4. The second-order valence-corrected chi connectivity index (χ2v) is 5.62. The molecule has 0 saturated carbocycles. The van der Waals surface area contributed by atoms with Gasteiger partial charge in [-0.05, 0) is 49.4 Å². The van der Waals surface area contributed by atoms with Gasteiger partial charge in [0.1, 0.15) is 11.5 Å². The highest BCUT2D eigenvalue weighted by Crippen LogP contribution is 2.23. The number of carbonyl (C=O) groups excluding carboxylic acids is 2. The molecular weight excluding hydrogens is 336 g/mol. The Bertz CT molecular complexity index is 810. The Morgan fingerprint density at radius 1 is 1.00 bits per heavy atom. The molecule has 0 fully saturated rings. The van der Waals surface area contributed by atoms with E-state index in [1.165, 1.54) is 6.08 Å². The van der Waals surface area contributed by atoms with Gasteiger partial charge in [-0.1, -0.05) is 18.2 Å². The summed E-state index contributed by atoms with van der Waals surface area (Å²) in [6.45, 7) is 1.73. The summed E-state index contributed by atoms with van der Waals surface area (Å²) in [5.41, 5.74) is 0.355. The first kappa shape index (κ1) is 17.7. The second kappa shape index (κ2) is 7.84. The fraction of sp³-hybridized carbons (Fsp3) is 0.200. The van der Waals surface area contributed by atoms with Crippen LogP contribution >= 0.6 is 0 Å². The van der Waals surface area contributed by atoms with E-state index >= 15 is 0 Å². The maximum absolute atomic E-state index is 12.5. The Hall–Kier alpha value is -3.12. The average molecular weight is 354 g/mol. The Balaban J connectivity index is 1.71. The lowest BCUT2D eigenvalue weighted by Gasteiger charge is -2.26. The van der Waals surface area contributed by atoms with Crippen LogP contribution in [0, 0.1) is 0 Å². The number of ether oxygens (including phenoxy) is 4. The quantitative estimate of drug-likeness (QED) is 0.768. The van der Waals surface area contributed by atoms with Gasteiger partial charge in [-0.15, -0.1) is 0 Å². The van der Waals surface area contributed by atoms with Gasteiger partial charge in [0.2, 0.25) is 0 Å². The van der Waals surface area contributed by atoms with E-state index in [1.807, 2.05) is 0 Å². The van der Waals surface area contributed by atoms with E-state index in [0.29, 0.717) is 17.1 Å². The van der Waals surface area contributed by atoms with Crippen molar-refractivity contribution in [1.29, 1.82) is 0 Å². The van der Waals surface area contributed by atoms with Gasteiger partial charge in [0.25, 0.3) is 12.1 Å². The van der Waals surface area contributed by atoms with Crippen LogP contribution in [0.25, 0.3) is 0 Å². The summed E-state index contributed by atoms with van der Waals surface area (Å²) >= 11 is 0. The first-order valence-electron chi connectivity index (χ1n) is 8.06. The van der Waals surface area contributed by atoms with Crippen molar-refractivity contribution in [2.24, 2.45) is 0 Å². The molecule has 0 bridgehead atoms. The highest BCUT2D eigenvalue weighted by molar-refractivity contribution is 6.01. The molecule has 2 aromatic carbocycles. The van der Waals surface area contributed by atoms with Crippen molar-refractivity contribution >= 4 is 11.8 Å². The van der Waals surface area contributed by atoms with Crippen molar-refractivity contribution in [2.45, 2.75) is 19.3 Å². The normalized spacial score (nSPS) is 19.5. The zero-order valence-corrected chi connectivity index (χ0v) is 14.4. The first-order chi connectivity index (χ1) is 12.6. The summed E-state index contributed by atoms with van der Waals surface area (Å²) in [5.74, 6) is -0.146. The number of carbonyl (C=O) groups is 2. The number of Topliss-reactive ketones (excluding diaryl/α,β-unsaturated/α-hetero) is 1. The third-order valence-electron chi connectivity index (χ3n) is 3.70. The van der Waals surface area contributed by atoms with Gasteiger partial charge < -0.3 is 18.9 Å². The fourth-order valence-electron chi connectivity index (χ4n) is 2.38. The molecule has 0 spiro atoms. The van der Waals surface area contributed by atoms with Crippen molar-refractivity contribution in [2.75, 3.05) is 7.11 Å². The molecule has 0 radical (unpaired) electrons. The van der Waals surface area contributed by atoms with E-state index in [1.54, 1.807) is 68.6 Å². The Labute approximate surface area is 150 Å². The van der Waals surface area contributed by atoms with Crippen molar-refractivity contribution in [3.63, 3.8) is 0 Å². The minimum Gasteiger partial charge on any atom is -0.497 e. The molecule has 6 heteroatoms. The van der Waals surface area contributed by atoms with E-state index in [2.05, 4.69) is 0 Å². The zero-order valence-electron chi connectivity index (χ0n) is 14.4. The van der Waals surface area contributed by atoms with E-state index < -0.39 is 24.1 Å². The molecule has 0 unspecified atom stereocenters. The molecule has 26 heavy (non-hydrogen) atoms. The van der Waals surface area contributed by atoms with E-state index in [9.17, 15) is 9.59 Å². The zero-order chi connectivity index (χ0) is 18.5. The van der Waals surface area contributed by atoms with E-state index in [4.69, 9.17) is 18.9 Å². The lowest BCUT2D eigenvalue weighted by atomic mass is 10.2. The predicted molar refractivity (Wildman–Crippen MR) is 92.9 cm³/mol. The lowest BCUT2D eigenvalue weighted by molar-refractivity contribution is -0.158. The maximum atomic E-state index is 12.5. The van der Waals surface area contributed by atoms with Crippen molar-refractivity contribution in [3.8, 4) is 11.5 Å². The third-order valence-corrected chi connectivity index (χ3v) is 3.70. The summed E-state index contributed by atoms with van der Waals surface area (Å²) in [6.07, 6.45) is -0.187. The average Bonchev–Trinajstić information content (AvgIpc) is 2.66. The molecule has 2 aromatic rings. The van der Waals surface area contributed by atoms with E-state index in [0.717, 1.165) is 0 Å². The Morgan fingerprint density at radius 3 is 2.31 bits per heavy atom. The van der Waals surface area contributed by atoms with Crippen LogP contribution < -0.4 is 9.47 Å². The van der Waals surface area contributed by atoms with E-state index in [-0.39, 0.29) is 5.76 Å². The molecule has 0 aromatic heterocycles. The van der Waals surface area contributed by atoms with Gasteiger partial charge in [0, 0.05) is 0 Å². The predicted octanol–water partition coefficient (Wildman–Crippen LogP) is 3.13. The molecule has 134 valence electrons. The molecule has 1 aliphatic heterocycles. The molecule has 0 saturated heterocycles. The highest BCUT2D eigenvalue weighted by Gasteiger charge is 2.34. The van der Waals surface area contributed by atoms with Gasteiger partial charge >= 0.3 is 5.97 Å². The summed E-state index contributed by atoms with van der Waals surface area (Å²) in [4.78, 5) is 24.7. The van der Waals surface area contributed by atoms with Crippen LogP contribution in [0.3, 0.4) is 0 Å². The van der Waals surface area contributed by atoms with Crippen molar-refractivity contribution in [1.82, 2.24) is 0 Å². The van der Waals surface area contributed by atoms with Gasteiger partial charge in [-0.25, -0.2) is 4.79 Å². The van der Waals surface area contributed by atoms with Crippen LogP contribution in [0.4, 0.5) is 0 Å². The van der Waals surface area contributed by atoms with Crippen LogP contribution in [0.1, 0.15) is 17.3 Å². The molecule has 1 heterocycles. The van der Waals surface area contributed by atoms with Gasteiger partial charge in [0.05, 0.1) is 18.8 Å². The maximum Gasteiger partial charge on any atom is 0.343 e. The van der Waals surface area contributed by atoms with Gasteiger partial charge in [-0.2, -0.15) is 0 Å². The lowest BCUT2D eigenvalue weighted by Crippen LogP contribution is -2.39. The molecule has 0 N–H and O–H groups in total. The van der Waals surface area contributed by atoms with Gasteiger partial charge in [0.15, 0.2) is 5.76 Å². The number of hydrogen-bond donors (Lipinski definition) is 0. The molecule has 0 aliphatic carbocycles. The fourth-order valence-corrected chi connectivity index (χ4v) is 2.38. The topological polar surface area (TPSA) is 71.1 Å². The molecule has 1 aliphatic rings. The molecule has 0 amide bonds. The minimum absolute atomic E-state index is 0.0869. The first-order valence-corrected chi connectivity index (χ1v) is 8.06. The number of hydrogen-bond acceptors (Lipinski definition) is 6. The number of methoxy groups -OCH3 is 1. The largest absolute Gasteiger partial charge is 0.497 e. The second-order valence-electron chi connectivity index (χ2n) is 5.62. The monoisotopic (exact) mass is 354 g/mol. The molecule has 6 nitrogen and oxygen atoms in total. The molecular formula is C20H18O6. The number of rotatable bonds is 5. The molecule has 3 rings (SSSR count). The Morgan fingerprint density at radius 2 is 1.65 bits per heavy atom. The van der Waals surface area contributed by atoms with Gasteiger partial charge in [-0.3, -0.25) is 4.79 Å². The third kappa shape index (κ3) is 4.10. The summed E-state index contributed by atoms with van der Waals surface area (Å²) in [6, 6.07) is 15.2. The van der Waals surface area contributed by atoms with Crippen molar-refractivity contribution < 1.29 is 28.5 Å². The SMILES string of the molecule is COc1ccc(O[C@@H]2O[C@@H](C)C=C(OC(=O)c3ccccc3)C2=O)cc1.